The molecule has 3 fully saturated rings. The van der Waals surface area contributed by atoms with Crippen molar-refractivity contribution in [3.8, 4) is 0 Å². The van der Waals surface area contributed by atoms with Crippen LogP contribution in [-0.4, -0.2) is 30.9 Å². The van der Waals surface area contributed by atoms with Crippen molar-refractivity contribution < 1.29 is 13.5 Å². The van der Waals surface area contributed by atoms with Crippen molar-refractivity contribution in [2.45, 2.75) is 50.7 Å². The van der Waals surface area contributed by atoms with Crippen molar-refractivity contribution in [2.75, 3.05) is 0 Å². The topological polar surface area (TPSA) is 9.23 Å². The first kappa shape index (κ1) is 10.4. The maximum Gasteiger partial charge on any atom is 0.143 e. The highest BCUT2D eigenvalue weighted by molar-refractivity contribution is 14.1. The van der Waals surface area contributed by atoms with E-state index in [0.29, 0.717) is 12.8 Å². The van der Waals surface area contributed by atoms with Crippen molar-refractivity contribution >= 4 is 45.2 Å². The average Bonchev–Trinajstić information content (AvgIpc) is 2.46. The minimum absolute atomic E-state index is 0.244. The Bertz CT molecular complexity index is 315. The van der Waals surface area contributed by atoms with Gasteiger partial charge in [0.2, 0.25) is 0 Å². The van der Waals surface area contributed by atoms with Gasteiger partial charge < -0.3 is 4.74 Å². The Hall–Kier alpha value is 1.28. The lowest BCUT2D eigenvalue weighted by Gasteiger charge is -2.25. The molecule has 2 saturated carbocycles. The molecule has 0 radical (unpaired) electrons. The lowest BCUT2D eigenvalue weighted by molar-refractivity contribution is 0.0360. The minimum atomic E-state index is -1.16. The number of fused-ring (bicyclic) bond motifs is 3. The van der Waals surface area contributed by atoms with Gasteiger partial charge in [0.15, 0.2) is 0 Å². The molecule has 14 heavy (non-hydrogen) atoms. The zero-order chi connectivity index (χ0) is 10.4. The molecule has 0 aromatic heterocycles. The van der Waals surface area contributed by atoms with Crippen molar-refractivity contribution in [1.82, 2.24) is 0 Å². The van der Waals surface area contributed by atoms with Gasteiger partial charge in [-0.3, -0.25) is 0 Å². The van der Waals surface area contributed by atoms with Crippen molar-refractivity contribution in [1.29, 1.82) is 0 Å². The minimum Gasteiger partial charge on any atom is -0.369 e. The molecule has 80 valence electrons. The molecule has 0 aromatic carbocycles. The van der Waals surface area contributed by atoms with E-state index in [4.69, 9.17) is 4.74 Å². The van der Waals surface area contributed by atoms with Crippen LogP contribution in [0.25, 0.3) is 0 Å². The molecule has 1 aliphatic heterocycles. The monoisotopic (exact) mass is 426 g/mol. The van der Waals surface area contributed by atoms with Gasteiger partial charge >= 0.3 is 0 Å². The normalized spacial score (nSPS) is 70.5. The third-order valence-corrected chi connectivity index (χ3v) is 7.24. The van der Waals surface area contributed by atoms with Crippen molar-refractivity contribution in [3.05, 3.63) is 0 Å². The van der Waals surface area contributed by atoms with Crippen LogP contribution in [0.2, 0.25) is 0 Å². The summed E-state index contributed by atoms with van der Waals surface area (Å²) in [5.74, 6) is 0. The molecule has 1 nitrogen and oxygen atoms in total. The Morgan fingerprint density at radius 2 is 2.00 bits per heavy atom. The average molecular weight is 426 g/mol. The summed E-state index contributed by atoms with van der Waals surface area (Å²) in [5, 5.41) is 0. The van der Waals surface area contributed by atoms with E-state index in [1.807, 2.05) is 0 Å². The molecule has 3 aliphatic rings. The molecule has 3 rings (SSSR count). The van der Waals surface area contributed by atoms with Crippen LogP contribution < -0.4 is 0 Å². The fourth-order valence-corrected chi connectivity index (χ4v) is 6.82. The van der Waals surface area contributed by atoms with Gasteiger partial charge in [-0.2, -0.15) is 0 Å². The zero-order valence-electron chi connectivity index (χ0n) is 7.57. The number of hydrogen-bond acceptors (Lipinski definition) is 1. The molecule has 0 bridgehead atoms. The maximum atomic E-state index is 14.1. The highest BCUT2D eigenvalue weighted by Crippen LogP contribution is 2.75. The van der Waals surface area contributed by atoms with Crippen molar-refractivity contribution in [2.24, 2.45) is 0 Å². The van der Waals surface area contributed by atoms with E-state index < -0.39 is 18.7 Å². The van der Waals surface area contributed by atoms with Crippen LogP contribution in [0.3, 0.4) is 0 Å². The highest BCUT2D eigenvalue weighted by atomic mass is 127. The molecular weight excluding hydrogens is 416 g/mol. The Morgan fingerprint density at radius 3 is 2.57 bits per heavy atom. The quantitative estimate of drug-likeness (QED) is 0.428. The summed E-state index contributed by atoms with van der Waals surface area (Å²) >= 11 is 4.21. The smallest absolute Gasteiger partial charge is 0.143 e. The second kappa shape index (κ2) is 2.57. The SMILES string of the molecule is C[C@@H]1O[C@H]2[C@](I)(C[C@]3(F)C[C@]23I)[C@@H]1F. The predicted molar refractivity (Wildman–Crippen MR) is 65.8 cm³/mol. The lowest BCUT2D eigenvalue weighted by atomic mass is 9.96. The Labute approximate surface area is 109 Å². The van der Waals surface area contributed by atoms with Gasteiger partial charge in [0, 0.05) is 12.8 Å². The van der Waals surface area contributed by atoms with Gasteiger partial charge in [-0.1, -0.05) is 45.2 Å². The highest BCUT2D eigenvalue weighted by Gasteiger charge is 2.85. The van der Waals surface area contributed by atoms with Gasteiger partial charge in [0.25, 0.3) is 0 Å². The van der Waals surface area contributed by atoms with Crippen LogP contribution in [0.5, 0.6) is 0 Å². The van der Waals surface area contributed by atoms with Crippen molar-refractivity contribution in [3.63, 3.8) is 0 Å². The summed E-state index contributed by atoms with van der Waals surface area (Å²) in [6.07, 6.45) is -0.796. The Balaban J connectivity index is 2.02. The summed E-state index contributed by atoms with van der Waals surface area (Å²) in [7, 11) is 0. The van der Waals surface area contributed by atoms with Crippen LogP contribution in [0.4, 0.5) is 8.78 Å². The van der Waals surface area contributed by atoms with Gasteiger partial charge in [-0.05, 0) is 6.92 Å². The van der Waals surface area contributed by atoms with Crippen LogP contribution in [0.15, 0.2) is 0 Å². The molecule has 2 aliphatic carbocycles. The summed E-state index contributed by atoms with van der Waals surface area (Å²) < 4.78 is 32.5. The van der Waals surface area contributed by atoms with Crippen LogP contribution in [0, 0.1) is 0 Å². The Morgan fingerprint density at radius 1 is 1.36 bits per heavy atom. The predicted octanol–water partition coefficient (Wildman–Crippen LogP) is 2.98. The van der Waals surface area contributed by atoms with E-state index >= 15 is 0 Å². The number of hydrogen-bond donors (Lipinski definition) is 0. The van der Waals surface area contributed by atoms with Gasteiger partial charge in [-0.15, -0.1) is 0 Å². The number of rotatable bonds is 0. The molecule has 6 atom stereocenters. The number of alkyl halides is 4. The zero-order valence-corrected chi connectivity index (χ0v) is 11.9. The summed E-state index contributed by atoms with van der Waals surface area (Å²) in [6, 6.07) is 0. The molecule has 0 spiro atoms. The molecule has 0 N–H and O–H groups in total. The molecule has 1 heterocycles. The van der Waals surface area contributed by atoms with Gasteiger partial charge in [0.1, 0.15) is 11.8 Å². The van der Waals surface area contributed by atoms with Crippen LogP contribution in [-0.2, 0) is 4.74 Å². The van der Waals surface area contributed by atoms with Gasteiger partial charge in [-0.25, -0.2) is 8.78 Å². The summed E-state index contributed by atoms with van der Waals surface area (Å²) in [5.41, 5.74) is -1.16. The van der Waals surface area contributed by atoms with E-state index in [-0.39, 0.29) is 12.2 Å². The molecular formula is C9H10F2I2O. The van der Waals surface area contributed by atoms with Gasteiger partial charge in [0.05, 0.1) is 19.1 Å². The van der Waals surface area contributed by atoms with E-state index in [2.05, 4.69) is 45.2 Å². The standard InChI is InChI=1S/C9H10F2I2O/c1-4-5(10)8(12)2-7(11)3-9(7,13)6(8)14-4/h4-6H,2-3H2,1H3/t4-,5+,6-,7-,8-,9-/m0/s1. The second-order valence-corrected chi connectivity index (χ2v) is 8.66. The van der Waals surface area contributed by atoms with E-state index in [1.54, 1.807) is 6.92 Å². The molecule has 0 aromatic rings. The first-order valence-electron chi connectivity index (χ1n) is 4.70. The van der Waals surface area contributed by atoms with Crippen LogP contribution >= 0.6 is 45.2 Å². The largest absolute Gasteiger partial charge is 0.369 e. The number of ether oxygens (including phenoxy) is 1. The fraction of sp³-hybridized carbons (Fsp3) is 1.00. The third kappa shape index (κ3) is 0.935. The lowest BCUT2D eigenvalue weighted by Crippen LogP contribution is -2.40. The first-order chi connectivity index (χ1) is 6.33. The molecule has 5 heteroatoms. The van der Waals surface area contributed by atoms with E-state index in [9.17, 15) is 8.78 Å². The van der Waals surface area contributed by atoms with E-state index in [0.717, 1.165) is 0 Å². The molecule has 0 amide bonds. The summed E-state index contributed by atoms with van der Waals surface area (Å²) in [4.78, 5) is 0. The van der Waals surface area contributed by atoms with Crippen LogP contribution in [0.1, 0.15) is 19.8 Å². The Kier molecular flexibility index (Phi) is 1.92. The van der Waals surface area contributed by atoms with E-state index in [1.165, 1.54) is 0 Å². The first-order valence-corrected chi connectivity index (χ1v) is 6.85. The summed E-state index contributed by atoms with van der Waals surface area (Å²) in [6.45, 7) is 1.74. The molecule has 1 saturated heterocycles. The molecule has 0 unspecified atom stereocenters. The maximum absolute atomic E-state index is 14.1. The fourth-order valence-electron chi connectivity index (χ4n) is 2.94. The second-order valence-electron chi connectivity index (χ2n) is 4.73. The third-order valence-electron chi connectivity index (χ3n) is 3.78. The number of halogens is 4.